The number of hydrogen-bond acceptors (Lipinski definition) is 4. The molecule has 1 fully saturated rings. The van der Waals surface area contributed by atoms with E-state index in [0.29, 0.717) is 6.54 Å². The van der Waals surface area contributed by atoms with Gasteiger partial charge in [0, 0.05) is 32.7 Å². The van der Waals surface area contributed by atoms with Gasteiger partial charge in [-0.1, -0.05) is 36.4 Å². The number of nitrogens with one attached hydrogen (secondary N) is 1. The first kappa shape index (κ1) is 15.0. The van der Waals surface area contributed by atoms with E-state index in [2.05, 4.69) is 57.7 Å². The molecule has 3 rings (SSSR count). The Bertz CT molecular complexity index is 650. The van der Waals surface area contributed by atoms with E-state index in [-0.39, 0.29) is 5.91 Å². The van der Waals surface area contributed by atoms with E-state index in [1.165, 1.54) is 16.3 Å². The Hall–Kier alpha value is -1.95. The minimum absolute atomic E-state index is 0.122. The maximum atomic E-state index is 11.3. The molecule has 5 heteroatoms. The summed E-state index contributed by atoms with van der Waals surface area (Å²) in [6.07, 6.45) is 0. The molecule has 1 heterocycles. The van der Waals surface area contributed by atoms with Gasteiger partial charge >= 0.3 is 0 Å². The van der Waals surface area contributed by atoms with Gasteiger partial charge in [0.25, 0.3) is 0 Å². The molecule has 0 unspecified atom stereocenters. The van der Waals surface area contributed by atoms with E-state index in [9.17, 15) is 4.79 Å². The van der Waals surface area contributed by atoms with Crippen LogP contribution in [0.15, 0.2) is 42.5 Å². The Morgan fingerprint density at radius 1 is 1.00 bits per heavy atom. The molecule has 0 aliphatic carbocycles. The van der Waals surface area contributed by atoms with Gasteiger partial charge in [-0.3, -0.25) is 20.0 Å². The lowest BCUT2D eigenvalue weighted by atomic mass is 10.1. The highest BCUT2D eigenvalue weighted by atomic mass is 16.2. The lowest BCUT2D eigenvalue weighted by Gasteiger charge is -2.34. The number of rotatable bonds is 4. The first-order valence-electron chi connectivity index (χ1n) is 7.66. The summed E-state index contributed by atoms with van der Waals surface area (Å²) in [7, 11) is 0. The van der Waals surface area contributed by atoms with Crippen LogP contribution in [0.2, 0.25) is 0 Å². The Labute approximate surface area is 130 Å². The van der Waals surface area contributed by atoms with Crippen LogP contribution in [-0.2, 0) is 11.3 Å². The van der Waals surface area contributed by atoms with Gasteiger partial charge in [0.15, 0.2) is 0 Å². The molecule has 22 heavy (non-hydrogen) atoms. The molecular formula is C17H22N4O. The van der Waals surface area contributed by atoms with Gasteiger partial charge in [-0.2, -0.15) is 0 Å². The van der Waals surface area contributed by atoms with Crippen molar-refractivity contribution in [1.82, 2.24) is 15.2 Å². The smallest absolute Gasteiger partial charge is 0.248 e. The van der Waals surface area contributed by atoms with Crippen LogP contribution in [0.3, 0.4) is 0 Å². The van der Waals surface area contributed by atoms with Crippen molar-refractivity contribution in [2.75, 3.05) is 32.7 Å². The molecular weight excluding hydrogens is 276 g/mol. The molecule has 3 N–H and O–H groups in total. The molecule has 0 bridgehead atoms. The Morgan fingerprint density at radius 2 is 1.68 bits per heavy atom. The highest BCUT2D eigenvalue weighted by Crippen LogP contribution is 2.17. The molecule has 0 saturated carbocycles. The normalized spacial score (nSPS) is 16.8. The molecule has 1 saturated heterocycles. The highest BCUT2D eigenvalue weighted by molar-refractivity contribution is 5.83. The summed E-state index contributed by atoms with van der Waals surface area (Å²) in [6.45, 7) is 5.11. The number of benzene rings is 2. The number of carbonyl (C=O) groups is 1. The second-order valence-electron chi connectivity index (χ2n) is 5.80. The predicted molar refractivity (Wildman–Crippen MR) is 88.0 cm³/mol. The Kier molecular flexibility index (Phi) is 4.68. The summed E-state index contributed by atoms with van der Waals surface area (Å²) in [4.78, 5) is 15.9. The molecule has 1 aliphatic rings. The van der Waals surface area contributed by atoms with Crippen molar-refractivity contribution in [1.29, 1.82) is 0 Å². The number of hydrazine groups is 1. The third kappa shape index (κ3) is 3.62. The number of hydrogen-bond donors (Lipinski definition) is 2. The zero-order valence-corrected chi connectivity index (χ0v) is 12.7. The third-order valence-corrected chi connectivity index (χ3v) is 4.21. The first-order valence-corrected chi connectivity index (χ1v) is 7.66. The van der Waals surface area contributed by atoms with Crippen molar-refractivity contribution in [3.8, 4) is 0 Å². The van der Waals surface area contributed by atoms with Crippen LogP contribution in [0.5, 0.6) is 0 Å². The molecule has 0 atom stereocenters. The van der Waals surface area contributed by atoms with E-state index in [1.807, 2.05) is 0 Å². The average molecular weight is 298 g/mol. The number of amides is 1. The van der Waals surface area contributed by atoms with Crippen molar-refractivity contribution in [2.24, 2.45) is 5.84 Å². The lowest BCUT2D eigenvalue weighted by Crippen LogP contribution is -2.49. The van der Waals surface area contributed by atoms with Crippen molar-refractivity contribution < 1.29 is 4.79 Å². The van der Waals surface area contributed by atoms with Gasteiger partial charge in [0.05, 0.1) is 6.54 Å². The molecule has 0 radical (unpaired) electrons. The maximum Gasteiger partial charge on any atom is 0.248 e. The third-order valence-electron chi connectivity index (χ3n) is 4.21. The second-order valence-corrected chi connectivity index (χ2v) is 5.80. The van der Waals surface area contributed by atoms with Crippen molar-refractivity contribution in [3.05, 3.63) is 48.0 Å². The number of fused-ring (bicyclic) bond motifs is 1. The fourth-order valence-corrected chi connectivity index (χ4v) is 2.95. The summed E-state index contributed by atoms with van der Waals surface area (Å²) in [6, 6.07) is 15.1. The van der Waals surface area contributed by atoms with Crippen LogP contribution in [-0.4, -0.2) is 48.4 Å². The van der Waals surface area contributed by atoms with Crippen LogP contribution in [0.1, 0.15) is 5.56 Å². The fraction of sp³-hybridized carbons (Fsp3) is 0.353. The van der Waals surface area contributed by atoms with Gasteiger partial charge in [-0.25, -0.2) is 5.84 Å². The van der Waals surface area contributed by atoms with E-state index >= 15 is 0 Å². The predicted octanol–water partition coefficient (Wildman–Crippen LogP) is 0.947. The van der Waals surface area contributed by atoms with Crippen LogP contribution < -0.4 is 11.3 Å². The van der Waals surface area contributed by atoms with Gasteiger partial charge in [0.1, 0.15) is 0 Å². The SMILES string of the molecule is NNC(=O)CN1CCN(Cc2ccc3ccccc3c2)CC1. The van der Waals surface area contributed by atoms with Crippen LogP contribution in [0.25, 0.3) is 10.8 Å². The topological polar surface area (TPSA) is 61.6 Å². The fourth-order valence-electron chi connectivity index (χ4n) is 2.95. The lowest BCUT2D eigenvalue weighted by molar-refractivity contribution is -0.122. The molecule has 2 aromatic rings. The number of carbonyl (C=O) groups excluding carboxylic acids is 1. The van der Waals surface area contributed by atoms with Gasteiger partial charge < -0.3 is 0 Å². The molecule has 1 aliphatic heterocycles. The molecule has 1 amide bonds. The maximum absolute atomic E-state index is 11.3. The molecule has 0 spiro atoms. The molecule has 116 valence electrons. The van der Waals surface area contributed by atoms with Crippen LogP contribution >= 0.6 is 0 Å². The van der Waals surface area contributed by atoms with Crippen molar-refractivity contribution in [3.63, 3.8) is 0 Å². The number of piperazine rings is 1. The quantitative estimate of drug-likeness (QED) is 0.501. The molecule has 0 aromatic heterocycles. The standard InChI is InChI=1S/C17H22N4O/c18-19-17(22)13-21-9-7-20(8-10-21)12-14-5-6-15-3-1-2-4-16(15)11-14/h1-6,11H,7-10,12-13,18H2,(H,19,22). The highest BCUT2D eigenvalue weighted by Gasteiger charge is 2.18. The minimum atomic E-state index is -0.122. The summed E-state index contributed by atoms with van der Waals surface area (Å²) in [5.74, 6) is 5.01. The van der Waals surface area contributed by atoms with Crippen molar-refractivity contribution >= 4 is 16.7 Å². The van der Waals surface area contributed by atoms with Crippen LogP contribution in [0.4, 0.5) is 0 Å². The first-order chi connectivity index (χ1) is 10.7. The molecule has 2 aromatic carbocycles. The van der Waals surface area contributed by atoms with E-state index < -0.39 is 0 Å². The average Bonchev–Trinajstić information content (AvgIpc) is 2.56. The zero-order chi connectivity index (χ0) is 15.4. The number of nitrogens with two attached hydrogens (primary N) is 1. The van der Waals surface area contributed by atoms with Gasteiger partial charge in [0.2, 0.25) is 5.91 Å². The molecule has 5 nitrogen and oxygen atoms in total. The van der Waals surface area contributed by atoms with E-state index in [0.717, 1.165) is 32.7 Å². The number of nitrogens with zero attached hydrogens (tertiary/aromatic N) is 2. The summed E-state index contributed by atoms with van der Waals surface area (Å²) < 4.78 is 0. The zero-order valence-electron chi connectivity index (χ0n) is 12.7. The van der Waals surface area contributed by atoms with Gasteiger partial charge in [-0.05, 0) is 22.4 Å². The van der Waals surface area contributed by atoms with Gasteiger partial charge in [-0.15, -0.1) is 0 Å². The minimum Gasteiger partial charge on any atom is -0.297 e. The van der Waals surface area contributed by atoms with Crippen molar-refractivity contribution in [2.45, 2.75) is 6.54 Å². The Morgan fingerprint density at radius 3 is 2.41 bits per heavy atom. The monoisotopic (exact) mass is 298 g/mol. The van der Waals surface area contributed by atoms with E-state index in [1.54, 1.807) is 0 Å². The Balaban J connectivity index is 1.56. The summed E-state index contributed by atoms with van der Waals surface area (Å²) in [5, 5.41) is 2.57. The summed E-state index contributed by atoms with van der Waals surface area (Å²) >= 11 is 0. The van der Waals surface area contributed by atoms with E-state index in [4.69, 9.17) is 5.84 Å². The second kappa shape index (κ2) is 6.87. The summed E-state index contributed by atoms with van der Waals surface area (Å²) in [5.41, 5.74) is 3.53. The largest absolute Gasteiger partial charge is 0.297 e. The van der Waals surface area contributed by atoms with Crippen LogP contribution in [0, 0.1) is 0 Å².